The van der Waals surface area contributed by atoms with Crippen LogP contribution in [0.4, 0.5) is 0 Å². The molecule has 3 rings (SSSR count). The van der Waals surface area contributed by atoms with Gasteiger partial charge in [0.25, 0.3) is 0 Å². The van der Waals surface area contributed by atoms with Gasteiger partial charge in [-0.1, -0.05) is 41.4 Å². The number of hydrogen-bond acceptors (Lipinski definition) is 2. The van der Waals surface area contributed by atoms with E-state index in [-0.39, 0.29) is 5.78 Å². The maximum Gasteiger partial charge on any atom is 0.185 e. The molecule has 23 heavy (non-hydrogen) atoms. The van der Waals surface area contributed by atoms with E-state index >= 15 is 0 Å². The Bertz CT molecular complexity index is 915. The van der Waals surface area contributed by atoms with Crippen LogP contribution in [0.15, 0.2) is 54.6 Å². The number of halogens is 2. The second kappa shape index (κ2) is 6.53. The fourth-order valence-electron chi connectivity index (χ4n) is 2.33. The minimum Gasteiger partial charge on any atom is -0.289 e. The number of aromatic nitrogens is 1. The number of ketones is 1. The molecular formula is C19H13Cl2NO. The third-order valence-corrected chi connectivity index (χ3v) is 4.13. The van der Waals surface area contributed by atoms with Crippen molar-refractivity contribution in [3.05, 3.63) is 81.5 Å². The summed E-state index contributed by atoms with van der Waals surface area (Å²) in [6.07, 6.45) is 3.18. The van der Waals surface area contributed by atoms with Gasteiger partial charge in [0, 0.05) is 21.5 Å². The molecule has 0 aliphatic heterocycles. The monoisotopic (exact) mass is 341 g/mol. The average Bonchev–Trinajstić information content (AvgIpc) is 2.54. The Kier molecular flexibility index (Phi) is 4.46. The standard InChI is InChI=1S/C19H13Cl2NO/c1-12-3-2-4-14-11-15(19(21)22-18(12)14)7-10-17(23)13-5-8-16(20)9-6-13/h2-11H,1H3/b10-7+. The Morgan fingerprint density at radius 3 is 2.57 bits per heavy atom. The summed E-state index contributed by atoms with van der Waals surface area (Å²) in [6, 6.07) is 14.6. The van der Waals surface area contributed by atoms with Crippen molar-refractivity contribution < 1.29 is 4.79 Å². The molecule has 114 valence electrons. The molecule has 0 fully saturated rings. The van der Waals surface area contributed by atoms with Gasteiger partial charge in [0.15, 0.2) is 5.78 Å². The van der Waals surface area contributed by atoms with Crippen molar-refractivity contribution in [1.29, 1.82) is 0 Å². The number of pyridine rings is 1. The van der Waals surface area contributed by atoms with Crippen molar-refractivity contribution in [2.75, 3.05) is 0 Å². The zero-order valence-electron chi connectivity index (χ0n) is 12.4. The van der Waals surface area contributed by atoms with E-state index in [1.807, 2.05) is 31.2 Å². The summed E-state index contributed by atoms with van der Waals surface area (Å²) < 4.78 is 0. The van der Waals surface area contributed by atoms with Gasteiger partial charge in [-0.25, -0.2) is 4.98 Å². The molecule has 2 nitrogen and oxygen atoms in total. The van der Waals surface area contributed by atoms with Crippen LogP contribution in [0, 0.1) is 6.92 Å². The number of para-hydroxylation sites is 1. The third kappa shape index (κ3) is 3.44. The molecule has 0 aliphatic carbocycles. The molecule has 0 radical (unpaired) electrons. The summed E-state index contributed by atoms with van der Waals surface area (Å²) in [4.78, 5) is 16.6. The summed E-state index contributed by atoms with van der Waals surface area (Å²) in [5, 5.41) is 1.97. The molecule has 0 N–H and O–H groups in total. The van der Waals surface area contributed by atoms with Crippen LogP contribution >= 0.6 is 23.2 Å². The van der Waals surface area contributed by atoms with Crippen LogP contribution in [0.1, 0.15) is 21.5 Å². The van der Waals surface area contributed by atoms with Crippen LogP contribution in [0.25, 0.3) is 17.0 Å². The number of allylic oxidation sites excluding steroid dienone is 1. The van der Waals surface area contributed by atoms with E-state index in [9.17, 15) is 4.79 Å². The predicted octanol–water partition coefficient (Wildman–Crippen LogP) is 5.75. The maximum atomic E-state index is 12.2. The lowest BCUT2D eigenvalue weighted by atomic mass is 10.1. The van der Waals surface area contributed by atoms with Crippen LogP contribution in [0.3, 0.4) is 0 Å². The molecule has 0 spiro atoms. The van der Waals surface area contributed by atoms with Gasteiger partial charge in [0.05, 0.1) is 5.52 Å². The highest BCUT2D eigenvalue weighted by Crippen LogP contribution is 2.24. The van der Waals surface area contributed by atoms with Crippen LogP contribution in [-0.2, 0) is 0 Å². The molecule has 2 aromatic carbocycles. The summed E-state index contributed by atoms with van der Waals surface area (Å²) in [5.41, 5.74) is 3.23. The Labute approximate surface area is 144 Å². The van der Waals surface area contributed by atoms with Crippen molar-refractivity contribution in [2.45, 2.75) is 6.92 Å². The van der Waals surface area contributed by atoms with Crippen LogP contribution in [0.5, 0.6) is 0 Å². The largest absolute Gasteiger partial charge is 0.289 e. The van der Waals surface area contributed by atoms with Crippen LogP contribution in [0.2, 0.25) is 10.2 Å². The smallest absolute Gasteiger partial charge is 0.185 e. The Morgan fingerprint density at radius 1 is 1.09 bits per heavy atom. The zero-order chi connectivity index (χ0) is 16.4. The van der Waals surface area contributed by atoms with Gasteiger partial charge in [-0.2, -0.15) is 0 Å². The maximum absolute atomic E-state index is 12.2. The van der Waals surface area contributed by atoms with Crippen molar-refractivity contribution in [2.24, 2.45) is 0 Å². The quantitative estimate of drug-likeness (QED) is 0.345. The van der Waals surface area contributed by atoms with Gasteiger partial charge >= 0.3 is 0 Å². The highest BCUT2D eigenvalue weighted by Gasteiger charge is 2.06. The molecule has 0 unspecified atom stereocenters. The Balaban J connectivity index is 1.93. The number of benzene rings is 2. The number of fused-ring (bicyclic) bond motifs is 1. The third-order valence-electron chi connectivity index (χ3n) is 3.57. The first-order valence-electron chi connectivity index (χ1n) is 7.08. The molecule has 0 aliphatic rings. The molecule has 1 heterocycles. The number of aryl methyl sites for hydroxylation is 1. The second-order valence-electron chi connectivity index (χ2n) is 5.22. The Morgan fingerprint density at radius 2 is 1.83 bits per heavy atom. The van der Waals surface area contributed by atoms with Crippen LogP contribution < -0.4 is 0 Å². The minimum absolute atomic E-state index is 0.109. The van der Waals surface area contributed by atoms with Gasteiger partial charge in [-0.3, -0.25) is 4.79 Å². The van der Waals surface area contributed by atoms with Crippen LogP contribution in [-0.4, -0.2) is 10.8 Å². The summed E-state index contributed by atoms with van der Waals surface area (Å²) >= 11 is 12.1. The predicted molar refractivity (Wildman–Crippen MR) is 96.3 cm³/mol. The number of nitrogens with zero attached hydrogens (tertiary/aromatic N) is 1. The van der Waals surface area contributed by atoms with E-state index in [1.165, 1.54) is 6.08 Å². The first-order chi connectivity index (χ1) is 11.0. The van der Waals surface area contributed by atoms with E-state index in [4.69, 9.17) is 23.2 Å². The van der Waals surface area contributed by atoms with Gasteiger partial charge in [-0.05, 0) is 55.0 Å². The molecular weight excluding hydrogens is 329 g/mol. The van der Waals surface area contributed by atoms with Crippen molar-refractivity contribution >= 4 is 46.0 Å². The normalized spacial score (nSPS) is 11.3. The highest BCUT2D eigenvalue weighted by atomic mass is 35.5. The van der Waals surface area contributed by atoms with E-state index in [0.29, 0.717) is 21.3 Å². The van der Waals surface area contributed by atoms with Gasteiger partial charge < -0.3 is 0 Å². The molecule has 3 aromatic rings. The molecule has 0 saturated heterocycles. The van der Waals surface area contributed by atoms with Crippen molar-refractivity contribution in [1.82, 2.24) is 4.98 Å². The first-order valence-corrected chi connectivity index (χ1v) is 7.84. The Hall–Kier alpha value is -2.16. The van der Waals surface area contributed by atoms with E-state index in [2.05, 4.69) is 4.98 Å². The van der Waals surface area contributed by atoms with E-state index in [0.717, 1.165) is 16.5 Å². The first kappa shape index (κ1) is 15.7. The van der Waals surface area contributed by atoms with Crippen molar-refractivity contribution in [3.63, 3.8) is 0 Å². The lowest BCUT2D eigenvalue weighted by Gasteiger charge is -2.04. The van der Waals surface area contributed by atoms with Gasteiger partial charge in [0.2, 0.25) is 0 Å². The SMILES string of the molecule is Cc1cccc2cc(/C=C/C(=O)c3ccc(Cl)cc3)c(Cl)nc12. The molecule has 4 heteroatoms. The topological polar surface area (TPSA) is 30.0 Å². The summed E-state index contributed by atoms with van der Waals surface area (Å²) in [6.45, 7) is 1.99. The van der Waals surface area contributed by atoms with E-state index < -0.39 is 0 Å². The number of carbonyl (C=O) groups is 1. The fourth-order valence-corrected chi connectivity index (χ4v) is 2.66. The minimum atomic E-state index is -0.109. The zero-order valence-corrected chi connectivity index (χ0v) is 13.9. The molecule has 1 aromatic heterocycles. The summed E-state index contributed by atoms with van der Waals surface area (Å²) in [5.74, 6) is -0.109. The average molecular weight is 342 g/mol. The molecule has 0 bridgehead atoms. The number of hydrogen-bond donors (Lipinski definition) is 0. The lowest BCUT2D eigenvalue weighted by Crippen LogP contribution is -1.94. The second-order valence-corrected chi connectivity index (χ2v) is 6.01. The van der Waals surface area contributed by atoms with Gasteiger partial charge in [-0.15, -0.1) is 0 Å². The lowest BCUT2D eigenvalue weighted by molar-refractivity contribution is 0.104. The summed E-state index contributed by atoms with van der Waals surface area (Å²) in [7, 11) is 0. The highest BCUT2D eigenvalue weighted by molar-refractivity contribution is 6.31. The molecule has 0 saturated carbocycles. The fraction of sp³-hybridized carbons (Fsp3) is 0.0526. The number of carbonyl (C=O) groups excluding carboxylic acids is 1. The molecule has 0 amide bonds. The molecule has 0 atom stereocenters. The van der Waals surface area contributed by atoms with Crippen molar-refractivity contribution in [3.8, 4) is 0 Å². The van der Waals surface area contributed by atoms with Gasteiger partial charge in [0.1, 0.15) is 5.15 Å². The number of rotatable bonds is 3. The van der Waals surface area contributed by atoms with E-state index in [1.54, 1.807) is 30.3 Å².